The molecular formula is C8H17N2O2+. The van der Waals surface area contributed by atoms with Crippen LogP contribution in [0.4, 0.5) is 4.79 Å². The Morgan fingerprint density at radius 1 is 1.50 bits per heavy atom. The van der Waals surface area contributed by atoms with E-state index >= 15 is 0 Å². The predicted molar refractivity (Wildman–Crippen MR) is 45.8 cm³/mol. The Hall–Kier alpha value is -0.610. The van der Waals surface area contributed by atoms with E-state index in [2.05, 4.69) is 5.32 Å². The van der Waals surface area contributed by atoms with Crippen LogP contribution >= 0.6 is 0 Å². The molecule has 1 amide bonds. The largest absolute Gasteiger partial charge is 0.515 e. The predicted octanol–water partition coefficient (Wildman–Crippen LogP) is 0.193. The third kappa shape index (κ3) is 1.95. The van der Waals surface area contributed by atoms with E-state index in [1.165, 1.54) is 0 Å². The molecule has 1 fully saturated rings. The van der Waals surface area contributed by atoms with Crippen LogP contribution in [0.25, 0.3) is 0 Å². The first-order chi connectivity index (χ1) is 5.69. The summed E-state index contributed by atoms with van der Waals surface area (Å²) in [6.45, 7) is 5.77. The molecule has 4 nitrogen and oxygen atoms in total. The number of likely N-dealkylation sites (N-methyl/N-ethyl adjacent to an activating group) is 1. The van der Waals surface area contributed by atoms with Gasteiger partial charge in [0, 0.05) is 13.1 Å². The number of carbonyl (C=O) groups excluding carboxylic acids is 1. The number of ether oxygens (including phenoxy) is 1. The molecule has 0 atom stereocenters. The highest BCUT2D eigenvalue weighted by molar-refractivity contribution is 5.59. The highest BCUT2D eigenvalue weighted by Crippen LogP contribution is 2.07. The molecule has 0 radical (unpaired) electrons. The summed E-state index contributed by atoms with van der Waals surface area (Å²) >= 11 is 0. The van der Waals surface area contributed by atoms with Gasteiger partial charge in [0.2, 0.25) is 0 Å². The molecule has 1 aliphatic rings. The zero-order chi connectivity index (χ0) is 9.03. The summed E-state index contributed by atoms with van der Waals surface area (Å²) < 4.78 is 5.41. The summed E-state index contributed by atoms with van der Waals surface area (Å²) in [6, 6.07) is 0. The zero-order valence-electron chi connectivity index (χ0n) is 7.80. The molecule has 0 spiro atoms. The van der Waals surface area contributed by atoms with Crippen molar-refractivity contribution in [2.45, 2.75) is 6.92 Å². The fourth-order valence-electron chi connectivity index (χ4n) is 1.35. The maximum atomic E-state index is 11.4. The minimum absolute atomic E-state index is 0.0981. The van der Waals surface area contributed by atoms with Gasteiger partial charge in [0.1, 0.15) is 13.1 Å². The van der Waals surface area contributed by atoms with Crippen LogP contribution < -0.4 is 5.32 Å². The fraction of sp³-hybridized carbons (Fsp3) is 0.875. The Bertz CT molecular complexity index is 164. The second-order valence-electron chi connectivity index (χ2n) is 3.29. The molecule has 0 aromatic carbocycles. The number of rotatable bonds is 1. The fourth-order valence-corrected chi connectivity index (χ4v) is 1.35. The summed E-state index contributed by atoms with van der Waals surface area (Å²) in [5, 5.41) is 3.21. The van der Waals surface area contributed by atoms with Gasteiger partial charge in [-0.1, -0.05) is 0 Å². The van der Waals surface area contributed by atoms with Crippen molar-refractivity contribution in [3.05, 3.63) is 0 Å². The summed E-state index contributed by atoms with van der Waals surface area (Å²) in [5.41, 5.74) is 0. The quantitative estimate of drug-likeness (QED) is 0.575. The lowest BCUT2D eigenvalue weighted by atomic mass is 10.3. The van der Waals surface area contributed by atoms with Crippen LogP contribution in [0.3, 0.4) is 0 Å². The molecule has 70 valence electrons. The first-order valence-corrected chi connectivity index (χ1v) is 4.41. The van der Waals surface area contributed by atoms with Crippen molar-refractivity contribution in [3.8, 4) is 0 Å². The van der Waals surface area contributed by atoms with Gasteiger partial charge < -0.3 is 10.1 Å². The van der Waals surface area contributed by atoms with Gasteiger partial charge in [-0.3, -0.25) is 0 Å². The first kappa shape index (κ1) is 9.48. The van der Waals surface area contributed by atoms with Crippen molar-refractivity contribution in [1.29, 1.82) is 0 Å². The van der Waals surface area contributed by atoms with Crippen LogP contribution in [-0.2, 0) is 4.74 Å². The van der Waals surface area contributed by atoms with Gasteiger partial charge in [0.15, 0.2) is 0 Å². The number of quaternary nitrogens is 1. The number of piperazine rings is 1. The van der Waals surface area contributed by atoms with Crippen LogP contribution in [-0.4, -0.2) is 50.4 Å². The maximum Gasteiger partial charge on any atom is 0.515 e. The van der Waals surface area contributed by atoms with Crippen molar-refractivity contribution in [2.75, 3.05) is 39.8 Å². The SMILES string of the molecule is CCOC(=O)[N+]1(C)CCNCC1. The molecule has 0 unspecified atom stereocenters. The van der Waals surface area contributed by atoms with Gasteiger partial charge in [-0.15, -0.1) is 0 Å². The highest BCUT2D eigenvalue weighted by Gasteiger charge is 2.34. The van der Waals surface area contributed by atoms with Gasteiger partial charge >= 0.3 is 6.09 Å². The molecule has 12 heavy (non-hydrogen) atoms. The smallest absolute Gasteiger partial charge is 0.420 e. The van der Waals surface area contributed by atoms with E-state index in [0.29, 0.717) is 11.1 Å². The molecule has 0 aromatic rings. The van der Waals surface area contributed by atoms with E-state index in [1.807, 2.05) is 14.0 Å². The van der Waals surface area contributed by atoms with Gasteiger partial charge in [-0.25, -0.2) is 4.48 Å². The number of hydrogen-bond acceptors (Lipinski definition) is 3. The molecule has 0 aliphatic carbocycles. The Morgan fingerprint density at radius 2 is 2.08 bits per heavy atom. The van der Waals surface area contributed by atoms with Crippen molar-refractivity contribution in [2.24, 2.45) is 0 Å². The van der Waals surface area contributed by atoms with Gasteiger partial charge in [-0.05, 0) is 6.92 Å². The molecule has 0 saturated carbocycles. The molecule has 0 bridgehead atoms. The van der Waals surface area contributed by atoms with E-state index in [0.717, 1.165) is 26.2 Å². The molecule has 4 heteroatoms. The van der Waals surface area contributed by atoms with Gasteiger partial charge in [0.05, 0.1) is 13.7 Å². The van der Waals surface area contributed by atoms with Crippen LogP contribution in [0.1, 0.15) is 6.92 Å². The Labute approximate surface area is 73.1 Å². The van der Waals surface area contributed by atoms with E-state index in [1.54, 1.807) is 0 Å². The molecule has 1 N–H and O–H groups in total. The van der Waals surface area contributed by atoms with Crippen molar-refractivity contribution >= 4 is 6.09 Å². The summed E-state index contributed by atoms with van der Waals surface area (Å²) in [6.07, 6.45) is -0.0981. The average molecular weight is 173 g/mol. The Morgan fingerprint density at radius 3 is 2.58 bits per heavy atom. The lowest BCUT2D eigenvalue weighted by molar-refractivity contribution is -0.839. The van der Waals surface area contributed by atoms with Crippen molar-refractivity contribution in [1.82, 2.24) is 5.32 Å². The summed E-state index contributed by atoms with van der Waals surface area (Å²) in [5.74, 6) is 0. The van der Waals surface area contributed by atoms with E-state index in [-0.39, 0.29) is 6.09 Å². The average Bonchev–Trinajstić information content (AvgIpc) is 2.06. The molecule has 0 aromatic heterocycles. The minimum atomic E-state index is -0.0981. The lowest BCUT2D eigenvalue weighted by Gasteiger charge is -2.33. The summed E-state index contributed by atoms with van der Waals surface area (Å²) in [4.78, 5) is 11.4. The van der Waals surface area contributed by atoms with Crippen LogP contribution in [0.2, 0.25) is 0 Å². The van der Waals surface area contributed by atoms with Crippen LogP contribution in [0.15, 0.2) is 0 Å². The molecule has 1 rings (SSSR count). The molecular weight excluding hydrogens is 156 g/mol. The second-order valence-corrected chi connectivity index (χ2v) is 3.29. The topological polar surface area (TPSA) is 38.3 Å². The van der Waals surface area contributed by atoms with E-state index in [9.17, 15) is 4.79 Å². The van der Waals surface area contributed by atoms with Gasteiger partial charge in [-0.2, -0.15) is 4.79 Å². The second kappa shape index (κ2) is 3.87. The van der Waals surface area contributed by atoms with Gasteiger partial charge in [0.25, 0.3) is 0 Å². The van der Waals surface area contributed by atoms with Crippen molar-refractivity contribution < 1.29 is 14.0 Å². The highest BCUT2D eigenvalue weighted by atomic mass is 16.6. The monoisotopic (exact) mass is 173 g/mol. The standard InChI is InChI=1S/C8H17N2O2/c1-3-12-8(11)10(2)6-4-9-5-7-10/h9H,3-7H2,1-2H3/q+1. The van der Waals surface area contributed by atoms with Crippen LogP contribution in [0, 0.1) is 0 Å². The van der Waals surface area contributed by atoms with E-state index < -0.39 is 0 Å². The number of amides is 1. The zero-order valence-corrected chi connectivity index (χ0v) is 7.80. The van der Waals surface area contributed by atoms with Crippen molar-refractivity contribution in [3.63, 3.8) is 0 Å². The first-order valence-electron chi connectivity index (χ1n) is 4.41. The maximum absolute atomic E-state index is 11.4. The van der Waals surface area contributed by atoms with E-state index in [4.69, 9.17) is 4.74 Å². The Kier molecular flexibility index (Phi) is 3.05. The molecule has 1 saturated heterocycles. The molecule has 1 heterocycles. The lowest BCUT2D eigenvalue weighted by Crippen LogP contribution is -2.59. The number of hydrogen-bond donors (Lipinski definition) is 1. The molecule has 1 aliphatic heterocycles. The minimum Gasteiger partial charge on any atom is -0.420 e. The number of nitrogens with zero attached hydrogens (tertiary/aromatic N) is 1. The third-order valence-corrected chi connectivity index (χ3v) is 2.27. The number of nitrogens with one attached hydrogen (secondary N) is 1. The summed E-state index contributed by atoms with van der Waals surface area (Å²) in [7, 11) is 1.93. The Balaban J connectivity index is 2.50. The normalized spacial score (nSPS) is 21.8. The number of carbonyl (C=O) groups is 1. The third-order valence-electron chi connectivity index (χ3n) is 2.27. The van der Waals surface area contributed by atoms with Crippen LogP contribution in [0.5, 0.6) is 0 Å².